The highest BCUT2D eigenvalue weighted by Crippen LogP contribution is 2.26. The van der Waals surface area contributed by atoms with Crippen LogP contribution < -0.4 is 16.0 Å². The Kier molecular flexibility index (Phi) is 23.0. The monoisotopic (exact) mass is 864 g/mol. The van der Waals surface area contributed by atoms with E-state index in [9.17, 15) is 68.1 Å². The third kappa shape index (κ3) is 17.3. The van der Waals surface area contributed by atoms with Crippen molar-refractivity contribution >= 4 is 89.3 Å². The van der Waals surface area contributed by atoms with Crippen LogP contribution >= 0.6 is 23.5 Å². The highest BCUT2D eigenvalue weighted by molar-refractivity contribution is 8.00. The van der Waals surface area contributed by atoms with E-state index in [1.165, 1.54) is 32.9 Å². The molecule has 22 nitrogen and oxygen atoms in total. The van der Waals surface area contributed by atoms with Crippen molar-refractivity contribution in [3.8, 4) is 0 Å². The lowest BCUT2D eigenvalue weighted by molar-refractivity contribution is -0.154. The van der Waals surface area contributed by atoms with Gasteiger partial charge in [-0.15, -0.1) is 11.8 Å². The molecule has 0 aromatic heterocycles. The predicted octanol–water partition coefficient (Wildman–Crippen LogP) is -0.963. The van der Waals surface area contributed by atoms with Gasteiger partial charge in [-0.3, -0.25) is 43.3 Å². The first-order valence-electron chi connectivity index (χ1n) is 18.0. The second kappa shape index (κ2) is 26.1. The normalized spacial score (nSPS) is 16.3. The zero-order valence-corrected chi connectivity index (χ0v) is 34.2. The molecule has 1 rings (SSSR count). The minimum absolute atomic E-state index is 0.00799. The van der Waals surface area contributed by atoms with Crippen molar-refractivity contribution in [3.63, 3.8) is 0 Å². The van der Waals surface area contributed by atoms with Crippen LogP contribution in [0.5, 0.6) is 0 Å². The summed E-state index contributed by atoms with van der Waals surface area (Å²) in [6.45, 7) is 0.0465. The molecule has 0 spiro atoms. The van der Waals surface area contributed by atoms with Gasteiger partial charge in [0.25, 0.3) is 6.47 Å². The number of amides is 6. The van der Waals surface area contributed by atoms with Gasteiger partial charge in [0.2, 0.25) is 23.6 Å². The van der Waals surface area contributed by atoms with Gasteiger partial charge in [-0.05, 0) is 32.6 Å². The SMILES string of the molecule is CN[C@@H](CCC(=O)CCCCCN1C(=O)CC(SC[C@H](NC(=O)N[C@@H](CCC(=O)O)OC=O)C(=O)O)C1=O)C(=O)N(C)[C@@H](CC(=O)O)C(=O)N(C)[C@@H](CSC)C(=O)O. The fourth-order valence-corrected chi connectivity index (χ4v) is 7.55. The van der Waals surface area contributed by atoms with Crippen LogP contribution in [0.15, 0.2) is 0 Å². The van der Waals surface area contributed by atoms with Gasteiger partial charge in [-0.2, -0.15) is 11.8 Å². The Bertz CT molecular complexity index is 1520. The summed E-state index contributed by atoms with van der Waals surface area (Å²) in [6.07, 6.45) is -0.0659. The number of Topliss-reactive ketones (excluding diaryl/α,β-unsaturated/α-hetero) is 1. The van der Waals surface area contributed by atoms with Gasteiger partial charge in [0, 0.05) is 57.8 Å². The minimum Gasteiger partial charge on any atom is -0.481 e. The molecule has 0 aliphatic carbocycles. The maximum Gasteiger partial charge on any atom is 0.327 e. The Hall–Kier alpha value is -4.97. The number of thioether (sulfide) groups is 2. The number of likely N-dealkylation sites (N-methyl/N-ethyl adjacent to an activating group) is 3. The van der Waals surface area contributed by atoms with Crippen molar-refractivity contribution < 1.29 is 77.9 Å². The molecule has 1 aliphatic heterocycles. The van der Waals surface area contributed by atoms with E-state index in [0.29, 0.717) is 19.3 Å². The van der Waals surface area contributed by atoms with E-state index in [4.69, 9.17) is 5.11 Å². The fraction of sp³-hybridized carbons (Fsp3) is 0.676. The number of rotatable bonds is 30. The third-order valence-electron chi connectivity index (χ3n) is 8.99. The number of ether oxygens (including phenoxy) is 1. The molecular weight excluding hydrogens is 813 g/mol. The number of nitrogens with zero attached hydrogens (tertiary/aromatic N) is 3. The molecule has 6 amide bonds. The number of carbonyl (C=O) groups excluding carboxylic acids is 7. The number of hydrogen-bond acceptors (Lipinski definition) is 15. The van der Waals surface area contributed by atoms with Gasteiger partial charge in [0.1, 0.15) is 23.9 Å². The average Bonchev–Trinajstić information content (AvgIpc) is 3.42. The second-order valence-corrected chi connectivity index (χ2v) is 15.3. The van der Waals surface area contributed by atoms with E-state index in [1.807, 2.05) is 0 Å². The summed E-state index contributed by atoms with van der Waals surface area (Å²) in [5.41, 5.74) is 0. The number of carboxylic acids is 4. The van der Waals surface area contributed by atoms with Crippen molar-refractivity contribution in [1.82, 2.24) is 30.7 Å². The number of aliphatic carboxylic acids is 4. The van der Waals surface area contributed by atoms with Gasteiger partial charge in [0.15, 0.2) is 6.23 Å². The number of carbonyl (C=O) groups is 11. The number of carboxylic acid groups (broad SMARTS) is 4. The smallest absolute Gasteiger partial charge is 0.327 e. The molecule has 0 bridgehead atoms. The van der Waals surface area contributed by atoms with E-state index in [-0.39, 0.29) is 62.4 Å². The number of unbranched alkanes of at least 4 members (excludes halogenated alkanes) is 2. The molecule has 7 N–H and O–H groups in total. The van der Waals surface area contributed by atoms with E-state index in [1.54, 1.807) is 6.26 Å². The Balaban J connectivity index is 2.63. The van der Waals surface area contributed by atoms with E-state index in [0.717, 1.165) is 26.5 Å². The summed E-state index contributed by atoms with van der Waals surface area (Å²) in [5.74, 6) is -8.36. The molecule has 1 unspecified atom stereocenters. The van der Waals surface area contributed by atoms with Gasteiger partial charge < -0.3 is 50.9 Å². The first-order chi connectivity index (χ1) is 27.3. The molecule has 1 aliphatic rings. The average molecular weight is 865 g/mol. The van der Waals surface area contributed by atoms with Crippen LogP contribution in [0.25, 0.3) is 0 Å². The molecule has 1 fully saturated rings. The summed E-state index contributed by atoms with van der Waals surface area (Å²) in [5, 5.41) is 43.5. The van der Waals surface area contributed by atoms with Crippen LogP contribution in [0.1, 0.15) is 64.2 Å². The quantitative estimate of drug-likeness (QED) is 0.0198. The molecule has 0 aromatic rings. The van der Waals surface area contributed by atoms with Crippen molar-refractivity contribution in [1.29, 1.82) is 0 Å². The lowest BCUT2D eigenvalue weighted by atomic mass is 10.0. The number of nitrogens with one attached hydrogen (secondary N) is 3. The molecule has 326 valence electrons. The predicted molar refractivity (Wildman–Crippen MR) is 205 cm³/mol. The van der Waals surface area contributed by atoms with E-state index in [2.05, 4.69) is 20.7 Å². The summed E-state index contributed by atoms with van der Waals surface area (Å²) in [4.78, 5) is 136. The van der Waals surface area contributed by atoms with Crippen LogP contribution in [-0.4, -0.2) is 182 Å². The highest BCUT2D eigenvalue weighted by Gasteiger charge is 2.40. The van der Waals surface area contributed by atoms with Crippen molar-refractivity contribution in [2.45, 2.75) is 99.9 Å². The van der Waals surface area contributed by atoms with Gasteiger partial charge in [-0.1, -0.05) is 6.42 Å². The highest BCUT2D eigenvalue weighted by atomic mass is 32.2. The Morgan fingerprint density at radius 1 is 0.828 bits per heavy atom. The van der Waals surface area contributed by atoms with Crippen molar-refractivity contribution in [2.75, 3.05) is 45.4 Å². The number of likely N-dealkylation sites (tertiary alicyclic amines) is 1. The maximum atomic E-state index is 13.3. The maximum absolute atomic E-state index is 13.3. The third-order valence-corrected chi connectivity index (χ3v) is 10.9. The molecule has 58 heavy (non-hydrogen) atoms. The van der Waals surface area contributed by atoms with Crippen LogP contribution in [0.2, 0.25) is 0 Å². The molecule has 1 heterocycles. The minimum atomic E-state index is -1.52. The second-order valence-electron chi connectivity index (χ2n) is 13.1. The fourth-order valence-electron chi connectivity index (χ4n) is 5.69. The first-order valence-corrected chi connectivity index (χ1v) is 20.5. The zero-order chi connectivity index (χ0) is 44.1. The largest absolute Gasteiger partial charge is 0.481 e. The van der Waals surface area contributed by atoms with E-state index < -0.39 is 102 Å². The molecule has 0 saturated carbocycles. The molecular formula is C34H52N6O16S2. The summed E-state index contributed by atoms with van der Waals surface area (Å²) < 4.78 is 4.60. The van der Waals surface area contributed by atoms with Crippen LogP contribution in [0, 0.1) is 0 Å². The van der Waals surface area contributed by atoms with Crippen LogP contribution in [0.3, 0.4) is 0 Å². The van der Waals surface area contributed by atoms with Gasteiger partial charge in [-0.25, -0.2) is 14.4 Å². The zero-order valence-electron chi connectivity index (χ0n) is 32.6. The van der Waals surface area contributed by atoms with Crippen molar-refractivity contribution in [2.24, 2.45) is 0 Å². The lowest BCUT2D eigenvalue weighted by Crippen LogP contribution is -2.56. The molecule has 0 aromatic carbocycles. The standard InChI is InChI=1S/C34H52N6O16S2/c1-35-20(29(48)38(2)22(14-28(46)47)30(49)39(3)23(17-57-4)33(53)54)10-9-19(42)8-6-5-7-13-40-26(43)15-24(31(40)50)58-16-21(32(51)52)36-34(55)37-25(56-18-41)11-12-27(44)45/h18,20-25,35H,5-17H2,1-4H3,(H,44,45)(H,46,47)(H,51,52)(H,53,54)(H2,36,37,55)/t20-,21-,22-,23-,24?,25+/m0/s1. The van der Waals surface area contributed by atoms with E-state index >= 15 is 0 Å². The van der Waals surface area contributed by atoms with Crippen LogP contribution in [-0.2, 0) is 52.7 Å². The molecule has 6 atom stereocenters. The topological polar surface area (TPSA) is 324 Å². The Labute approximate surface area is 342 Å². The summed E-state index contributed by atoms with van der Waals surface area (Å²) in [7, 11) is 3.92. The molecule has 1 saturated heterocycles. The number of urea groups is 1. The number of hydrogen-bond donors (Lipinski definition) is 7. The van der Waals surface area contributed by atoms with Crippen LogP contribution in [0.4, 0.5) is 4.79 Å². The van der Waals surface area contributed by atoms with Gasteiger partial charge in [0.05, 0.1) is 24.1 Å². The lowest BCUT2D eigenvalue weighted by Gasteiger charge is -2.34. The molecule has 24 heteroatoms. The molecule has 0 radical (unpaired) electrons. The first kappa shape index (κ1) is 51.0. The number of imide groups is 1. The van der Waals surface area contributed by atoms with Crippen molar-refractivity contribution in [3.05, 3.63) is 0 Å². The summed E-state index contributed by atoms with van der Waals surface area (Å²) >= 11 is 2.02. The van der Waals surface area contributed by atoms with Gasteiger partial charge >= 0.3 is 29.9 Å². The summed E-state index contributed by atoms with van der Waals surface area (Å²) in [6, 6.07) is -6.32. The Morgan fingerprint density at radius 3 is 2.03 bits per heavy atom. The number of ketones is 1. The Morgan fingerprint density at radius 2 is 1.48 bits per heavy atom.